The summed E-state index contributed by atoms with van der Waals surface area (Å²) in [5, 5.41) is 12.0. The van der Waals surface area contributed by atoms with Crippen LogP contribution < -0.4 is 15.8 Å². The van der Waals surface area contributed by atoms with Gasteiger partial charge < -0.3 is 15.8 Å². The average Bonchev–Trinajstić information content (AvgIpc) is 3.61. The Hall–Kier alpha value is -4.36. The number of halogens is 3. The number of carbonyl (C=O) groups excluding carboxylic acids is 2. The van der Waals surface area contributed by atoms with Crippen molar-refractivity contribution >= 4 is 50.7 Å². The Morgan fingerprint density at radius 2 is 1.95 bits per heavy atom. The number of thiophene rings is 1. The van der Waals surface area contributed by atoms with Gasteiger partial charge in [0.05, 0.1) is 16.4 Å². The van der Waals surface area contributed by atoms with Crippen molar-refractivity contribution in [2.75, 3.05) is 5.32 Å². The number of primary amides is 1. The van der Waals surface area contributed by atoms with Crippen LogP contribution in [0.2, 0.25) is 5.02 Å². The van der Waals surface area contributed by atoms with Crippen molar-refractivity contribution in [3.63, 3.8) is 0 Å². The predicted molar refractivity (Wildman–Crippen MR) is 147 cm³/mol. The summed E-state index contributed by atoms with van der Waals surface area (Å²) in [5.41, 5.74) is 7.61. The molecule has 5 rings (SSSR count). The third-order valence-corrected chi connectivity index (χ3v) is 7.39. The van der Waals surface area contributed by atoms with Gasteiger partial charge >= 0.3 is 0 Å². The number of aryl methyl sites for hydroxylation is 3. The van der Waals surface area contributed by atoms with Gasteiger partial charge in [-0.15, -0.1) is 11.3 Å². The number of carbonyl (C=O) groups is 2. The lowest BCUT2D eigenvalue weighted by molar-refractivity contribution is 0.100. The molecule has 0 saturated heterocycles. The van der Waals surface area contributed by atoms with E-state index in [0.29, 0.717) is 33.0 Å². The molecular weight excluding hydrogens is 564 g/mol. The highest BCUT2D eigenvalue weighted by molar-refractivity contribution is 7.21. The lowest BCUT2D eigenvalue weighted by Crippen LogP contribution is -2.18. The van der Waals surface area contributed by atoms with Crippen molar-refractivity contribution < 1.29 is 23.1 Å². The van der Waals surface area contributed by atoms with Crippen LogP contribution in [0.3, 0.4) is 0 Å². The van der Waals surface area contributed by atoms with E-state index in [1.54, 1.807) is 38.5 Å². The second-order valence-electron chi connectivity index (χ2n) is 8.95. The fraction of sp³-hybridized carbons (Fsp3) is 0.192. The molecule has 0 spiro atoms. The number of nitrogens with one attached hydrogen (secondary N) is 1. The monoisotopic (exact) mass is 585 g/mol. The molecule has 4 aromatic heterocycles. The summed E-state index contributed by atoms with van der Waals surface area (Å²) in [6.45, 7) is 3.61. The zero-order valence-electron chi connectivity index (χ0n) is 21.4. The maximum atomic E-state index is 13.7. The average molecular weight is 586 g/mol. The highest BCUT2D eigenvalue weighted by atomic mass is 35.5. The van der Waals surface area contributed by atoms with Crippen LogP contribution in [-0.4, -0.2) is 36.4 Å². The summed E-state index contributed by atoms with van der Waals surface area (Å²) in [7, 11) is 1.70. The van der Waals surface area contributed by atoms with Gasteiger partial charge in [0, 0.05) is 30.4 Å². The van der Waals surface area contributed by atoms with Gasteiger partial charge in [-0.1, -0.05) is 17.7 Å². The van der Waals surface area contributed by atoms with E-state index in [4.69, 9.17) is 22.1 Å². The van der Waals surface area contributed by atoms with Gasteiger partial charge in [0.2, 0.25) is 0 Å². The minimum absolute atomic E-state index is 0.0185. The first-order chi connectivity index (χ1) is 19.0. The minimum Gasteiger partial charge on any atom is -0.470 e. The van der Waals surface area contributed by atoms with E-state index in [2.05, 4.69) is 20.5 Å². The lowest BCUT2D eigenvalue weighted by Gasteiger charge is -2.10. The number of amides is 2. The number of aromatic nitrogens is 5. The number of ether oxygens (including phenoxy) is 1. The lowest BCUT2D eigenvalue weighted by atomic mass is 10.0. The number of benzene rings is 1. The second kappa shape index (κ2) is 10.7. The Morgan fingerprint density at radius 3 is 2.62 bits per heavy atom. The Kier molecular flexibility index (Phi) is 7.25. The van der Waals surface area contributed by atoms with E-state index >= 15 is 0 Å². The molecule has 5 aromatic rings. The molecule has 10 nitrogen and oxygen atoms in total. The third kappa shape index (κ3) is 5.25. The number of hydrogen-bond donors (Lipinski definition) is 2. The first-order valence-corrected chi connectivity index (χ1v) is 13.0. The fourth-order valence-electron chi connectivity index (χ4n) is 4.19. The van der Waals surface area contributed by atoms with Gasteiger partial charge in [-0.05, 0) is 49.2 Å². The number of hydrogen-bond acceptors (Lipinski definition) is 7. The standard InChI is InChI=1S/C26H22ClF2N7O3S/c1-12-4-5-16(27)19(8-12)39-11-36-7-6-17(34-36)25(38)32-21-20-14(15-10-35(3)33-13(15)2)9-18(23(28)29)31-26(20)40-22(21)24(30)37/h4-10,23H,11H2,1-3H3,(H2,30,37)(H,32,38). The predicted octanol–water partition coefficient (Wildman–Crippen LogP) is 5.49. The molecule has 0 aliphatic carbocycles. The molecular formula is C26H22ClF2N7O3S. The van der Waals surface area contributed by atoms with Gasteiger partial charge in [-0.3, -0.25) is 14.3 Å². The summed E-state index contributed by atoms with van der Waals surface area (Å²) < 4.78 is 36.1. The Morgan fingerprint density at radius 1 is 1.18 bits per heavy atom. The Labute approximate surface area is 235 Å². The van der Waals surface area contributed by atoms with Crippen LogP contribution in [0.15, 0.2) is 42.7 Å². The van der Waals surface area contributed by atoms with E-state index in [1.807, 2.05) is 13.0 Å². The Bertz CT molecular complexity index is 1780. The molecule has 4 heterocycles. The van der Waals surface area contributed by atoms with Gasteiger partial charge in [0.25, 0.3) is 18.2 Å². The minimum atomic E-state index is -2.86. The molecule has 0 unspecified atom stereocenters. The molecule has 1 aromatic carbocycles. The van der Waals surface area contributed by atoms with Crippen molar-refractivity contribution in [2.24, 2.45) is 12.8 Å². The van der Waals surface area contributed by atoms with E-state index in [0.717, 1.165) is 16.9 Å². The van der Waals surface area contributed by atoms with Crippen molar-refractivity contribution in [2.45, 2.75) is 27.0 Å². The molecule has 2 amide bonds. The van der Waals surface area contributed by atoms with Gasteiger partial charge in [-0.2, -0.15) is 10.2 Å². The highest BCUT2D eigenvalue weighted by Gasteiger charge is 2.26. The number of nitrogens with two attached hydrogens (primary N) is 1. The van der Waals surface area contributed by atoms with E-state index in [1.165, 1.54) is 21.5 Å². The van der Waals surface area contributed by atoms with Crippen molar-refractivity contribution in [3.05, 3.63) is 75.3 Å². The van der Waals surface area contributed by atoms with Crippen LogP contribution in [-0.2, 0) is 13.8 Å². The molecule has 3 N–H and O–H groups in total. The van der Waals surface area contributed by atoms with Gasteiger partial charge in [0.15, 0.2) is 12.4 Å². The summed E-state index contributed by atoms with van der Waals surface area (Å²) in [6.07, 6.45) is 0.341. The van der Waals surface area contributed by atoms with Crippen LogP contribution >= 0.6 is 22.9 Å². The van der Waals surface area contributed by atoms with E-state index < -0.39 is 23.9 Å². The van der Waals surface area contributed by atoms with Crippen LogP contribution in [0.25, 0.3) is 21.3 Å². The van der Waals surface area contributed by atoms with Crippen LogP contribution in [0, 0.1) is 13.8 Å². The zero-order chi connectivity index (χ0) is 28.7. The van der Waals surface area contributed by atoms with Crippen LogP contribution in [0.5, 0.6) is 5.75 Å². The summed E-state index contributed by atoms with van der Waals surface area (Å²) in [5.74, 6) is -1.03. The zero-order valence-corrected chi connectivity index (χ0v) is 23.0. The largest absolute Gasteiger partial charge is 0.470 e. The highest BCUT2D eigenvalue weighted by Crippen LogP contribution is 2.43. The molecule has 206 valence electrons. The van der Waals surface area contributed by atoms with Gasteiger partial charge in [0.1, 0.15) is 21.2 Å². The molecule has 0 atom stereocenters. The molecule has 14 heteroatoms. The van der Waals surface area contributed by atoms with E-state index in [-0.39, 0.29) is 27.8 Å². The van der Waals surface area contributed by atoms with E-state index in [9.17, 15) is 18.4 Å². The van der Waals surface area contributed by atoms with Crippen molar-refractivity contribution in [1.29, 1.82) is 0 Å². The normalized spacial score (nSPS) is 11.4. The van der Waals surface area contributed by atoms with Crippen molar-refractivity contribution in [1.82, 2.24) is 24.5 Å². The number of anilines is 1. The third-order valence-electron chi connectivity index (χ3n) is 5.98. The number of pyridine rings is 1. The molecule has 0 aliphatic heterocycles. The fourth-order valence-corrected chi connectivity index (χ4v) is 5.37. The number of alkyl halides is 2. The van der Waals surface area contributed by atoms with Gasteiger partial charge in [-0.25, -0.2) is 18.4 Å². The SMILES string of the molecule is Cc1ccc(Cl)c(OCn2ccc(C(=O)Nc3c(C(N)=O)sc4nc(C(F)F)cc(-c5cn(C)nc5C)c34)n2)c1. The van der Waals surface area contributed by atoms with Crippen LogP contribution in [0.1, 0.15) is 43.5 Å². The first-order valence-electron chi connectivity index (χ1n) is 11.8. The molecule has 40 heavy (non-hydrogen) atoms. The summed E-state index contributed by atoms with van der Waals surface area (Å²) in [4.78, 5) is 29.7. The topological polar surface area (TPSA) is 130 Å². The quantitative estimate of drug-likeness (QED) is 0.248. The molecule has 0 bridgehead atoms. The summed E-state index contributed by atoms with van der Waals surface area (Å²) in [6, 6.07) is 8.05. The molecule has 0 fully saturated rings. The molecule has 0 aliphatic rings. The number of fused-ring (bicyclic) bond motifs is 1. The summed E-state index contributed by atoms with van der Waals surface area (Å²) >= 11 is 6.99. The smallest absolute Gasteiger partial charge is 0.280 e. The maximum absolute atomic E-state index is 13.7. The Balaban J connectivity index is 1.51. The number of rotatable bonds is 8. The first kappa shape index (κ1) is 27.2. The number of nitrogens with zero attached hydrogens (tertiary/aromatic N) is 5. The second-order valence-corrected chi connectivity index (χ2v) is 10.4. The molecule has 0 radical (unpaired) electrons. The van der Waals surface area contributed by atoms with Crippen LogP contribution in [0.4, 0.5) is 14.5 Å². The maximum Gasteiger partial charge on any atom is 0.280 e. The molecule has 0 saturated carbocycles. The van der Waals surface area contributed by atoms with Crippen molar-refractivity contribution in [3.8, 4) is 16.9 Å².